The van der Waals surface area contributed by atoms with E-state index in [4.69, 9.17) is 21.1 Å². The van der Waals surface area contributed by atoms with Crippen molar-refractivity contribution in [1.29, 1.82) is 0 Å². The van der Waals surface area contributed by atoms with Gasteiger partial charge in [0.25, 0.3) is 0 Å². The Bertz CT molecular complexity index is 1290. The second-order valence-electron chi connectivity index (χ2n) is 7.71. The van der Waals surface area contributed by atoms with Crippen LogP contribution >= 0.6 is 11.6 Å². The molecule has 4 rings (SSSR count). The molecule has 0 bridgehead atoms. The summed E-state index contributed by atoms with van der Waals surface area (Å²) in [4.78, 5) is 8.54. The van der Waals surface area contributed by atoms with Gasteiger partial charge in [-0.1, -0.05) is 54.9 Å². The van der Waals surface area contributed by atoms with E-state index < -0.39 is 11.0 Å². The third-order valence-corrected chi connectivity index (χ3v) is 7.26. The van der Waals surface area contributed by atoms with Gasteiger partial charge in [-0.3, -0.25) is 9.29 Å². The lowest BCUT2D eigenvalue weighted by Crippen LogP contribution is -2.26. The van der Waals surface area contributed by atoms with Crippen molar-refractivity contribution in [3.8, 4) is 28.6 Å². The number of nitrogens with one attached hydrogen (secondary N) is 1. The molecule has 0 fully saturated rings. The van der Waals surface area contributed by atoms with Gasteiger partial charge in [-0.15, -0.1) is 10.2 Å². The first-order chi connectivity index (χ1) is 16.9. The second-order valence-corrected chi connectivity index (χ2v) is 9.69. The number of hydrogen-bond donors (Lipinski definition) is 1. The van der Waals surface area contributed by atoms with Gasteiger partial charge in [0, 0.05) is 23.9 Å². The van der Waals surface area contributed by atoms with Crippen molar-refractivity contribution in [1.82, 2.24) is 24.7 Å². The van der Waals surface area contributed by atoms with Crippen LogP contribution in [-0.2, 0) is 11.0 Å². The Labute approximate surface area is 211 Å². The number of para-hydroxylation sites is 1. The molecule has 9 nitrogen and oxygen atoms in total. The number of methoxy groups -OCH3 is 2. The average Bonchev–Trinajstić information content (AvgIpc) is 3.30. The summed E-state index contributed by atoms with van der Waals surface area (Å²) < 4.78 is 29.4. The molecule has 0 amide bonds. The minimum absolute atomic E-state index is 0.216. The summed E-state index contributed by atoms with van der Waals surface area (Å²) in [5, 5.41) is 8.82. The smallest absolute Gasteiger partial charge is 0.241 e. The van der Waals surface area contributed by atoms with Crippen molar-refractivity contribution in [3.63, 3.8) is 0 Å². The molecule has 1 N–H and O–H groups in total. The summed E-state index contributed by atoms with van der Waals surface area (Å²) in [6.45, 7) is 3.77. The molecule has 0 aliphatic heterocycles. The molecule has 0 saturated carbocycles. The van der Waals surface area contributed by atoms with Crippen molar-refractivity contribution in [2.75, 3.05) is 18.9 Å². The SMILES string of the molecule is COc1cccc(OC)c1-n1c(NS(=O)C(C)C(C)c2ncc(Cl)cn2)nnc1-c1ccccc1. The van der Waals surface area contributed by atoms with Gasteiger partial charge in [0.05, 0.1) is 24.5 Å². The first kappa shape index (κ1) is 24.6. The number of anilines is 1. The van der Waals surface area contributed by atoms with Crippen LogP contribution in [0.1, 0.15) is 25.6 Å². The molecular weight excluding hydrogens is 488 g/mol. The zero-order valence-corrected chi connectivity index (χ0v) is 21.2. The zero-order valence-electron chi connectivity index (χ0n) is 19.7. The molecule has 4 aromatic rings. The lowest BCUT2D eigenvalue weighted by Gasteiger charge is -2.20. The van der Waals surface area contributed by atoms with E-state index in [1.807, 2.05) is 62.4 Å². The van der Waals surface area contributed by atoms with Gasteiger partial charge >= 0.3 is 0 Å². The maximum atomic E-state index is 13.4. The zero-order chi connectivity index (χ0) is 24.9. The average molecular weight is 513 g/mol. The normalized spacial score (nSPS) is 13.6. The predicted octanol–water partition coefficient (Wildman–Crippen LogP) is 4.66. The molecular formula is C24H25ClN6O3S. The molecule has 2 aromatic carbocycles. The van der Waals surface area contributed by atoms with Crippen LogP contribution in [0.3, 0.4) is 0 Å². The van der Waals surface area contributed by atoms with E-state index in [1.165, 1.54) is 12.4 Å². The fourth-order valence-corrected chi connectivity index (χ4v) is 4.61. The summed E-state index contributed by atoms with van der Waals surface area (Å²) >= 11 is 5.91. The molecule has 0 aliphatic rings. The van der Waals surface area contributed by atoms with Gasteiger partial charge in [0.1, 0.15) is 34.0 Å². The molecule has 2 heterocycles. The third kappa shape index (κ3) is 5.13. The Balaban J connectivity index is 1.76. The fourth-order valence-electron chi connectivity index (χ4n) is 3.52. The van der Waals surface area contributed by atoms with E-state index in [-0.39, 0.29) is 17.1 Å². The van der Waals surface area contributed by atoms with E-state index in [0.29, 0.717) is 33.9 Å². The summed E-state index contributed by atoms with van der Waals surface area (Å²) in [5.74, 6) is 2.24. The number of ether oxygens (including phenoxy) is 2. The van der Waals surface area contributed by atoms with Crippen LogP contribution in [-0.4, -0.2) is 48.4 Å². The first-order valence-electron chi connectivity index (χ1n) is 10.8. The highest BCUT2D eigenvalue weighted by molar-refractivity contribution is 7.87. The van der Waals surface area contributed by atoms with Crippen LogP contribution in [0.4, 0.5) is 5.95 Å². The van der Waals surface area contributed by atoms with Crippen LogP contribution in [0.25, 0.3) is 17.1 Å². The molecule has 0 radical (unpaired) electrons. The first-order valence-corrected chi connectivity index (χ1v) is 12.4. The lowest BCUT2D eigenvalue weighted by atomic mass is 10.1. The van der Waals surface area contributed by atoms with Crippen LogP contribution in [0.2, 0.25) is 5.02 Å². The molecule has 182 valence electrons. The van der Waals surface area contributed by atoms with E-state index in [9.17, 15) is 4.21 Å². The standard InChI is InChI=1S/C24H25ClN6O3S/c1-15(22-26-13-18(25)14-27-22)16(2)35(32)30-24-29-28-23(17-9-6-5-7-10-17)31(24)21-19(33-3)11-8-12-20(21)34-4/h5-16H,1-4H3,(H,29,30). The molecule has 3 atom stereocenters. The number of hydrogen-bond acceptors (Lipinski definition) is 7. The summed E-state index contributed by atoms with van der Waals surface area (Å²) in [6.07, 6.45) is 3.06. The monoisotopic (exact) mass is 512 g/mol. The van der Waals surface area contributed by atoms with Crippen molar-refractivity contribution >= 4 is 28.5 Å². The quantitative estimate of drug-likeness (QED) is 0.347. The summed E-state index contributed by atoms with van der Waals surface area (Å²) in [6, 6.07) is 15.0. The van der Waals surface area contributed by atoms with Crippen molar-refractivity contribution in [2.24, 2.45) is 0 Å². The number of nitrogens with zero attached hydrogens (tertiary/aromatic N) is 5. The van der Waals surface area contributed by atoms with Gasteiger partial charge in [-0.05, 0) is 19.1 Å². The van der Waals surface area contributed by atoms with Crippen LogP contribution in [0.15, 0.2) is 60.9 Å². The molecule has 0 saturated heterocycles. The maximum Gasteiger partial charge on any atom is 0.241 e. The summed E-state index contributed by atoms with van der Waals surface area (Å²) in [7, 11) is 1.59. The molecule has 11 heteroatoms. The van der Waals surface area contributed by atoms with Crippen LogP contribution in [0, 0.1) is 0 Å². The molecule has 35 heavy (non-hydrogen) atoms. The Morgan fingerprint density at radius 1 is 0.943 bits per heavy atom. The Morgan fingerprint density at radius 3 is 2.17 bits per heavy atom. The van der Waals surface area contributed by atoms with E-state index in [2.05, 4.69) is 24.9 Å². The summed E-state index contributed by atoms with van der Waals surface area (Å²) in [5.41, 5.74) is 1.41. The maximum absolute atomic E-state index is 13.4. The molecule has 0 spiro atoms. The molecule has 3 unspecified atom stereocenters. The van der Waals surface area contributed by atoms with Crippen molar-refractivity contribution in [3.05, 3.63) is 71.8 Å². The van der Waals surface area contributed by atoms with Gasteiger partial charge in [-0.25, -0.2) is 14.2 Å². The number of benzene rings is 2. The van der Waals surface area contributed by atoms with E-state index in [1.54, 1.807) is 18.8 Å². The minimum atomic E-state index is -1.56. The number of rotatable bonds is 9. The van der Waals surface area contributed by atoms with Crippen molar-refractivity contribution < 1.29 is 13.7 Å². The highest BCUT2D eigenvalue weighted by atomic mass is 35.5. The van der Waals surface area contributed by atoms with Gasteiger partial charge in [-0.2, -0.15) is 0 Å². The van der Waals surface area contributed by atoms with Gasteiger partial charge in [0.15, 0.2) is 5.82 Å². The second kappa shape index (κ2) is 10.8. The number of aromatic nitrogens is 5. The van der Waals surface area contributed by atoms with Gasteiger partial charge in [0.2, 0.25) is 5.95 Å². The topological polar surface area (TPSA) is 104 Å². The number of halogens is 1. The van der Waals surface area contributed by atoms with Crippen molar-refractivity contribution in [2.45, 2.75) is 25.0 Å². The predicted molar refractivity (Wildman–Crippen MR) is 137 cm³/mol. The molecule has 2 aromatic heterocycles. The molecule has 0 aliphatic carbocycles. The van der Waals surface area contributed by atoms with E-state index >= 15 is 0 Å². The Morgan fingerprint density at radius 2 is 1.57 bits per heavy atom. The lowest BCUT2D eigenvalue weighted by molar-refractivity contribution is 0.391. The largest absolute Gasteiger partial charge is 0.494 e. The fraction of sp³-hybridized carbons (Fsp3) is 0.250. The highest BCUT2D eigenvalue weighted by Crippen LogP contribution is 2.37. The Kier molecular flexibility index (Phi) is 7.62. The highest BCUT2D eigenvalue weighted by Gasteiger charge is 2.27. The van der Waals surface area contributed by atoms with Crippen LogP contribution < -0.4 is 14.2 Å². The van der Waals surface area contributed by atoms with E-state index in [0.717, 1.165) is 5.56 Å². The minimum Gasteiger partial charge on any atom is -0.494 e. The van der Waals surface area contributed by atoms with Crippen LogP contribution in [0.5, 0.6) is 11.5 Å². The Hall–Kier alpha value is -3.50. The third-order valence-electron chi connectivity index (χ3n) is 5.60. The van der Waals surface area contributed by atoms with Gasteiger partial charge < -0.3 is 9.47 Å².